The van der Waals surface area contributed by atoms with Gasteiger partial charge in [0.2, 0.25) is 6.29 Å². The van der Waals surface area contributed by atoms with E-state index in [1.807, 2.05) is 0 Å². The second-order valence-corrected chi connectivity index (χ2v) is 36.9. The monoisotopic (exact) mass is 1300 g/mol. The number of nitrogens with one attached hydrogen (secondary N) is 2. The first-order valence-electron chi connectivity index (χ1n) is 38.1. The molecule has 0 radical (unpaired) electrons. The second-order valence-electron chi connectivity index (χ2n) is 36.9. The lowest BCUT2D eigenvalue weighted by atomic mass is 9.38. The number of fused-ring (bicyclic) bond motifs is 2. The molecule has 5 heterocycles. The molecule has 20 rings (SSSR count). The molecule has 510 valence electrons. The highest BCUT2D eigenvalue weighted by Crippen LogP contribution is 2.88. The number of carbonyl (C=O) groups excluding carboxylic acids is 1. The van der Waals surface area contributed by atoms with E-state index in [1.54, 1.807) is 0 Å². The lowest BCUT2D eigenvalue weighted by Gasteiger charge is -2.72. The number of benzene rings is 2. The van der Waals surface area contributed by atoms with Gasteiger partial charge >= 0.3 is 5.97 Å². The van der Waals surface area contributed by atoms with Crippen molar-refractivity contribution in [3.63, 3.8) is 0 Å². The number of hydrogen-bond acceptors (Lipinski definition) is 14. The van der Waals surface area contributed by atoms with E-state index in [4.69, 9.17) is 18.9 Å². The third-order valence-corrected chi connectivity index (χ3v) is 34.0. The third kappa shape index (κ3) is 7.28. The maximum atomic E-state index is 14.4. The molecule has 0 aromatic heterocycles. The van der Waals surface area contributed by atoms with E-state index < -0.39 is 76.1 Å². The highest BCUT2D eigenvalue weighted by molar-refractivity contribution is 6.11. The number of phenolic OH excluding ortho intramolecular Hbond substituents is 2. The van der Waals surface area contributed by atoms with E-state index >= 15 is 0 Å². The second kappa shape index (κ2) is 19.7. The highest BCUT2D eigenvalue weighted by atomic mass is 16.7. The first-order chi connectivity index (χ1) is 45.7. The number of aromatic carboxylic acids is 1. The summed E-state index contributed by atoms with van der Waals surface area (Å²) in [6, 6.07) is 2.62. The summed E-state index contributed by atoms with van der Waals surface area (Å²) in [4.78, 5) is 26.3. The van der Waals surface area contributed by atoms with Crippen molar-refractivity contribution < 1.29 is 64.3 Å². The van der Waals surface area contributed by atoms with Gasteiger partial charge in [-0.25, -0.2) is 4.79 Å². The molecular weight excluding hydrogens is 1200 g/mol. The fourth-order valence-corrected chi connectivity index (χ4v) is 31.7. The number of phenols is 2. The van der Waals surface area contributed by atoms with Crippen LogP contribution < -0.4 is 15.6 Å². The van der Waals surface area contributed by atoms with E-state index in [-0.39, 0.29) is 91.7 Å². The predicted molar refractivity (Wildman–Crippen MR) is 352 cm³/mol. The highest BCUT2D eigenvalue weighted by Gasteiger charge is 2.84. The van der Waals surface area contributed by atoms with Crippen LogP contribution >= 0.6 is 0 Å². The molecule has 15 fully saturated rings. The number of carboxylic acid groups (broad SMARTS) is 1. The normalized spacial score (nSPS) is 51.8. The molecule has 0 amide bonds. The number of carboxylic acids is 1. The molecule has 18 aliphatic rings. The number of ketones is 1. The standard InChI is InChI=1S/C80H102N2O13/c1-44-58(45(2)85)62(87)59-52(61(44)86)30-47(67(90)91)31-56(59)93-68-63(88)66(89)80-33-55-60-53(16-17-54(60)77(95-80)22-7-18-69(37-77)24-25-70(36-69)19-3-8-49(70)10-6-23-78(80,42-84)94-68)75(28-29-83)43-92-35-48-32-72-38-73(34-57(72)81-82-79(55,40-72)65(48)75)41-74-21-5-11-51(74)15-13-46-12-14-50-9-4-20-71(50)26-27-76(73,39-71)64(46)74/h16,30-31,46,48-51,55,57,63-66,68,81-84,86-89H,3-5,7-15,17-22,24-29,32-43H2,1-2H3,(H,90,91)/t46-,48-,49-,50-,51-,55+,57-,63+,64+,65+,66+,68+,69-,70+,71-,72-,73+,74+,75+,76-,77+,78+,79-,80-/m0/s1. The van der Waals surface area contributed by atoms with Crippen molar-refractivity contribution >= 4 is 22.5 Å². The molecule has 13 aliphatic carbocycles. The summed E-state index contributed by atoms with van der Waals surface area (Å²) in [6.45, 7) is 3.12. The van der Waals surface area contributed by atoms with Crippen LogP contribution in [0.1, 0.15) is 239 Å². The molecule has 3 saturated heterocycles. The summed E-state index contributed by atoms with van der Waals surface area (Å²) in [6.07, 6.45) is 32.8. The fourth-order valence-electron chi connectivity index (χ4n) is 31.7. The zero-order valence-corrected chi connectivity index (χ0v) is 56.2. The number of hydrazine groups is 1. The fraction of sp³-hybridized carbons (Fsp3) is 0.775. The molecule has 15 heteroatoms. The van der Waals surface area contributed by atoms with Gasteiger partial charge in [-0.3, -0.25) is 15.6 Å². The van der Waals surface area contributed by atoms with Crippen molar-refractivity contribution in [1.82, 2.24) is 10.9 Å². The molecule has 8 bridgehead atoms. The van der Waals surface area contributed by atoms with E-state index in [0.29, 0.717) is 67.5 Å². The SMILES string of the molecule is CC(=O)c1c(C)c(O)c2cc(C(=O)O)cc(O[C@@H]3O[C@@]4(CO)C#CC[C@@H]5CCC[C@]56CC[C@@]5(CCC[C@]7(C5)O[C@@]4(C[C@@H]4C5=C7CC=C5[C@@]5(CCO)COC[C@@H]7C[C@]89C[C@@]4(NN[C@H]8C[C@@]4(C9)C[C@]89CCC[C@H]8CC[C@@H]8CC[C@@H]%10CCC[C@@]%10%11CC[C@]4(C%11)[C@H]89)[C@H]75)[C@H](O)[C@H]3O)C6)c2c1O. The molecule has 95 heavy (non-hydrogen) atoms. The van der Waals surface area contributed by atoms with Crippen LogP contribution in [0.4, 0.5) is 0 Å². The maximum absolute atomic E-state index is 14.4. The Balaban J connectivity index is 0.783. The summed E-state index contributed by atoms with van der Waals surface area (Å²) in [5.74, 6) is 7.55. The minimum absolute atomic E-state index is 0.00703. The van der Waals surface area contributed by atoms with E-state index in [0.717, 1.165) is 87.9 Å². The van der Waals surface area contributed by atoms with Crippen LogP contribution in [0.5, 0.6) is 17.2 Å². The summed E-state index contributed by atoms with van der Waals surface area (Å²) < 4.78 is 30.1. The van der Waals surface area contributed by atoms with Crippen LogP contribution in [0.15, 0.2) is 34.9 Å². The van der Waals surface area contributed by atoms with Gasteiger partial charge in [-0.15, -0.1) is 0 Å². The Morgan fingerprint density at radius 3 is 2.37 bits per heavy atom. The van der Waals surface area contributed by atoms with Gasteiger partial charge in [-0.1, -0.05) is 37.2 Å². The topological polar surface area (TPSA) is 237 Å². The minimum Gasteiger partial charge on any atom is -0.507 e. The molecule has 9 N–H and O–H groups in total. The molecular formula is C80H102N2O13. The Kier molecular flexibility index (Phi) is 12.6. The molecule has 24 atom stereocenters. The summed E-state index contributed by atoms with van der Waals surface area (Å²) >= 11 is 0. The third-order valence-electron chi connectivity index (χ3n) is 34.0. The number of aromatic hydroxyl groups is 2. The minimum atomic E-state index is -2.09. The first-order valence-corrected chi connectivity index (χ1v) is 38.1. The average molecular weight is 1300 g/mol. The molecule has 2 aromatic rings. The lowest BCUT2D eigenvalue weighted by molar-refractivity contribution is -0.370. The number of carbonyl (C=O) groups is 2. The van der Waals surface area contributed by atoms with Crippen molar-refractivity contribution in [3.8, 4) is 29.1 Å². The number of allylic oxidation sites excluding steroid dienone is 1. The predicted octanol–water partition coefficient (Wildman–Crippen LogP) is 12.1. The quantitative estimate of drug-likeness (QED) is 0.0712. The van der Waals surface area contributed by atoms with Crippen molar-refractivity contribution in [1.29, 1.82) is 0 Å². The summed E-state index contributed by atoms with van der Waals surface area (Å²) in [5, 5.41) is 86.9. The number of aliphatic hydroxyl groups is 4. The van der Waals surface area contributed by atoms with Crippen molar-refractivity contribution in [2.75, 3.05) is 26.4 Å². The molecule has 10 spiro atoms. The molecule has 15 nitrogen and oxygen atoms in total. The van der Waals surface area contributed by atoms with E-state index in [1.165, 1.54) is 145 Å². The van der Waals surface area contributed by atoms with Gasteiger partial charge in [0.25, 0.3) is 0 Å². The Morgan fingerprint density at radius 2 is 1.56 bits per heavy atom. The molecule has 2 aromatic carbocycles. The van der Waals surface area contributed by atoms with E-state index in [9.17, 15) is 45.3 Å². The van der Waals surface area contributed by atoms with Gasteiger partial charge in [0.1, 0.15) is 35.1 Å². The van der Waals surface area contributed by atoms with Crippen LogP contribution in [-0.2, 0) is 14.2 Å². The van der Waals surface area contributed by atoms with Crippen molar-refractivity contribution in [2.24, 2.45) is 90.7 Å². The zero-order valence-electron chi connectivity index (χ0n) is 56.2. The number of hydrogen-bond donors (Lipinski definition) is 9. The van der Waals surface area contributed by atoms with Gasteiger partial charge in [-0.2, -0.15) is 0 Å². The Morgan fingerprint density at radius 1 is 0.768 bits per heavy atom. The Hall–Kier alpha value is -4.08. The van der Waals surface area contributed by atoms with Crippen molar-refractivity contribution in [2.45, 2.75) is 266 Å². The number of aliphatic hydroxyl groups excluding tert-OH is 4. The number of Topliss-reactive ketones (excluding diaryl/α,β-unsaturated/α-hetero) is 1. The van der Waals surface area contributed by atoms with Crippen LogP contribution in [0.3, 0.4) is 0 Å². The van der Waals surface area contributed by atoms with Crippen LogP contribution in [0, 0.1) is 109 Å². The average Bonchev–Trinajstić information content (AvgIpc) is 1.52. The zero-order chi connectivity index (χ0) is 64.7. The van der Waals surface area contributed by atoms with Gasteiger partial charge in [0, 0.05) is 53.5 Å². The van der Waals surface area contributed by atoms with Gasteiger partial charge in [0.15, 0.2) is 11.4 Å². The summed E-state index contributed by atoms with van der Waals surface area (Å²) in [5.41, 5.74) is 7.26. The smallest absolute Gasteiger partial charge is 0.335 e. The van der Waals surface area contributed by atoms with Gasteiger partial charge in [-0.05, 0) is 302 Å². The number of ether oxygens (including phenoxy) is 4. The first kappa shape index (κ1) is 60.8. The molecule has 12 saturated carbocycles. The Labute approximate surface area is 559 Å². The maximum Gasteiger partial charge on any atom is 0.335 e. The van der Waals surface area contributed by atoms with Gasteiger partial charge < -0.3 is 54.7 Å². The van der Waals surface area contributed by atoms with Gasteiger partial charge in [0.05, 0.1) is 35.3 Å². The van der Waals surface area contributed by atoms with Crippen LogP contribution in [0.2, 0.25) is 0 Å². The lowest BCUT2D eigenvalue weighted by Crippen LogP contribution is -2.82. The Bertz CT molecular complexity index is 3850. The van der Waals surface area contributed by atoms with Crippen LogP contribution in [0.25, 0.3) is 10.8 Å². The number of rotatable bonds is 7. The molecule has 0 unspecified atom stereocenters. The van der Waals surface area contributed by atoms with E-state index in [2.05, 4.69) is 28.8 Å². The summed E-state index contributed by atoms with van der Waals surface area (Å²) in [7, 11) is 0. The van der Waals surface area contributed by atoms with Crippen molar-refractivity contribution in [3.05, 3.63) is 51.6 Å². The van der Waals surface area contributed by atoms with Crippen LogP contribution in [-0.4, -0.2) is 121 Å². The molecule has 5 aliphatic heterocycles. The largest absolute Gasteiger partial charge is 0.507 e.